The van der Waals surface area contributed by atoms with E-state index in [0.717, 1.165) is 131 Å². The van der Waals surface area contributed by atoms with Crippen molar-refractivity contribution in [3.8, 4) is 56.9 Å². The highest BCUT2D eigenvalue weighted by atomic mass is 32.1. The zero-order chi connectivity index (χ0) is 59.3. The van der Waals surface area contributed by atoms with Gasteiger partial charge in [-0.2, -0.15) is 10.5 Å². The predicted molar refractivity (Wildman–Crippen MR) is 334 cm³/mol. The molecule has 2 aromatic carbocycles. The standard InChI is InChI=1S/2C32H32FN9S/c2*1-4-26-30(40(3)32-38-29(27(12-34)43-32)22-5-8-25(33)9-6-22)42-19-23(7-10-28(42)37-26)24-13-35-31(36-14-24)41-17-21(18-41)11-20-15-39(2)16-20/h2*5-10,13-14,19-21H,4,11,15-18H2,1-3H3. The van der Waals surface area contributed by atoms with Gasteiger partial charge in [-0.3, -0.25) is 8.80 Å². The molecule has 436 valence electrons. The zero-order valence-electron chi connectivity index (χ0n) is 48.8. The number of hydrogen-bond acceptors (Lipinski definition) is 18. The third-order valence-electron chi connectivity index (χ3n) is 16.9. The summed E-state index contributed by atoms with van der Waals surface area (Å²) in [6.45, 7) is 13.2. The van der Waals surface area contributed by atoms with E-state index in [1.807, 2.05) is 72.9 Å². The summed E-state index contributed by atoms with van der Waals surface area (Å²) in [5.41, 5.74) is 9.80. The summed E-state index contributed by atoms with van der Waals surface area (Å²) in [5, 5.41) is 21.0. The van der Waals surface area contributed by atoms with Gasteiger partial charge in [0.1, 0.15) is 67.8 Å². The van der Waals surface area contributed by atoms with Gasteiger partial charge in [0.15, 0.2) is 10.3 Å². The largest absolute Gasteiger partial charge is 0.340 e. The molecule has 4 fully saturated rings. The van der Waals surface area contributed by atoms with E-state index >= 15 is 0 Å². The molecular weight excluding hydrogens is 1120 g/mol. The first-order valence-corrected chi connectivity index (χ1v) is 30.8. The number of thiazole rings is 2. The van der Waals surface area contributed by atoms with Crippen molar-refractivity contribution >= 4 is 67.8 Å². The average molecular weight is 1190 g/mol. The number of benzene rings is 2. The van der Waals surface area contributed by atoms with Crippen LogP contribution in [-0.2, 0) is 12.8 Å². The zero-order valence-corrected chi connectivity index (χ0v) is 50.4. The fourth-order valence-corrected chi connectivity index (χ4v) is 14.2. The number of aromatic nitrogens is 10. The van der Waals surface area contributed by atoms with Crippen LogP contribution in [0.5, 0.6) is 0 Å². The highest BCUT2D eigenvalue weighted by Crippen LogP contribution is 2.40. The molecule has 0 saturated carbocycles. The van der Waals surface area contributed by atoms with Crippen LogP contribution in [0.1, 0.15) is 47.8 Å². The fraction of sp³-hybridized carbons (Fsp3) is 0.344. The Kier molecular flexibility index (Phi) is 15.4. The molecule has 12 heterocycles. The number of nitrogens with zero attached hydrogens (tertiary/aromatic N) is 18. The van der Waals surface area contributed by atoms with E-state index in [-0.39, 0.29) is 11.6 Å². The van der Waals surface area contributed by atoms with Gasteiger partial charge in [-0.25, -0.2) is 48.7 Å². The number of anilines is 6. The highest BCUT2D eigenvalue weighted by molar-refractivity contribution is 7.17. The van der Waals surface area contributed by atoms with E-state index in [2.05, 4.69) is 80.9 Å². The molecule has 0 N–H and O–H groups in total. The molecule has 0 unspecified atom stereocenters. The molecule has 0 radical (unpaired) electrons. The van der Waals surface area contributed by atoms with Crippen molar-refractivity contribution in [2.45, 2.75) is 39.5 Å². The number of imidazole rings is 2. The van der Waals surface area contributed by atoms with E-state index in [0.29, 0.717) is 42.5 Å². The van der Waals surface area contributed by atoms with Crippen LogP contribution in [0, 0.1) is 58.0 Å². The first-order valence-electron chi connectivity index (χ1n) is 29.1. The molecule has 0 bridgehead atoms. The first kappa shape index (κ1) is 56.3. The molecule has 22 heteroatoms. The van der Waals surface area contributed by atoms with Gasteiger partial charge >= 0.3 is 0 Å². The minimum atomic E-state index is -0.328. The van der Waals surface area contributed by atoms with Gasteiger partial charge in [0.25, 0.3) is 0 Å². The lowest BCUT2D eigenvalue weighted by molar-refractivity contribution is 0.105. The summed E-state index contributed by atoms with van der Waals surface area (Å²) in [6, 6.07) is 24.7. The summed E-state index contributed by atoms with van der Waals surface area (Å²) in [7, 11) is 8.24. The molecule has 0 spiro atoms. The lowest BCUT2D eigenvalue weighted by atomic mass is 9.85. The predicted octanol–water partition coefficient (Wildman–Crippen LogP) is 11.3. The maximum atomic E-state index is 13.5. The van der Waals surface area contributed by atoms with Gasteiger partial charge in [0.05, 0.1) is 11.4 Å². The molecule has 10 aromatic rings. The number of fused-ring (bicyclic) bond motifs is 2. The monoisotopic (exact) mass is 1190 g/mol. The molecule has 8 aromatic heterocycles. The Labute approximate surface area is 506 Å². The van der Waals surface area contributed by atoms with E-state index in [4.69, 9.17) is 39.9 Å². The number of halogens is 2. The van der Waals surface area contributed by atoms with Gasteiger partial charge in [-0.15, -0.1) is 0 Å². The Bertz CT molecular complexity index is 3890. The summed E-state index contributed by atoms with van der Waals surface area (Å²) in [4.78, 5) is 52.4. The number of aryl methyl sites for hydroxylation is 2. The second-order valence-electron chi connectivity index (χ2n) is 23.2. The Morgan fingerprint density at radius 1 is 0.488 bits per heavy atom. The van der Waals surface area contributed by atoms with Crippen molar-refractivity contribution in [3.05, 3.63) is 143 Å². The summed E-state index contributed by atoms with van der Waals surface area (Å²) < 4.78 is 31.2. The maximum absolute atomic E-state index is 13.5. The summed E-state index contributed by atoms with van der Waals surface area (Å²) in [6.07, 6.45) is 15.7. The molecule has 18 nitrogen and oxygen atoms in total. The van der Waals surface area contributed by atoms with E-state index < -0.39 is 0 Å². The molecule has 0 aliphatic carbocycles. The van der Waals surface area contributed by atoms with E-state index in [1.165, 1.54) is 86.0 Å². The quantitative estimate of drug-likeness (QED) is 0.0891. The Hall–Kier alpha value is -8.80. The molecule has 0 atom stereocenters. The van der Waals surface area contributed by atoms with Gasteiger partial charge < -0.3 is 29.4 Å². The summed E-state index contributed by atoms with van der Waals surface area (Å²) >= 11 is 2.61. The topological polar surface area (TPSA) is 179 Å². The lowest BCUT2D eigenvalue weighted by Crippen LogP contribution is -2.52. The summed E-state index contributed by atoms with van der Waals surface area (Å²) in [5.74, 6) is 5.85. The molecule has 86 heavy (non-hydrogen) atoms. The molecular formula is C64H64F2N18S2. The first-order chi connectivity index (χ1) is 41.8. The third kappa shape index (κ3) is 11.1. The van der Waals surface area contributed by atoms with Crippen molar-refractivity contribution in [2.24, 2.45) is 23.7 Å². The van der Waals surface area contributed by atoms with Crippen LogP contribution in [0.15, 0.2) is 110 Å². The molecule has 4 aliphatic heterocycles. The van der Waals surface area contributed by atoms with Crippen molar-refractivity contribution in [3.63, 3.8) is 0 Å². The molecule has 4 saturated heterocycles. The van der Waals surface area contributed by atoms with Crippen LogP contribution in [0.3, 0.4) is 0 Å². The van der Waals surface area contributed by atoms with Crippen LogP contribution < -0.4 is 19.6 Å². The van der Waals surface area contributed by atoms with Gasteiger partial charge in [-0.05, 0) is 136 Å². The SMILES string of the molecule is CCc1nc2ccc(-c3cnc(N4CC(CC5CN(C)C5)C4)nc3)cn2c1N(C)c1nc(-c2ccc(F)cc2)c(C#N)s1.CCc1nc2ccc(-c3cnc(N4CC(CC5CN(C)C5)C4)nc3)cn2c1N(C)c1nc(-c2ccc(F)cc2)c(C#N)s1. The number of rotatable bonds is 16. The Balaban J connectivity index is 0.000000160. The Morgan fingerprint density at radius 3 is 1.17 bits per heavy atom. The number of hydrogen-bond donors (Lipinski definition) is 0. The molecule has 14 rings (SSSR count). The smallest absolute Gasteiger partial charge is 0.225 e. The minimum absolute atomic E-state index is 0.328. The van der Waals surface area contributed by atoms with E-state index in [1.54, 1.807) is 24.3 Å². The molecule has 4 aliphatic rings. The average Bonchev–Trinajstić information content (AvgIpc) is 4.13. The van der Waals surface area contributed by atoms with Crippen molar-refractivity contribution in [1.29, 1.82) is 10.5 Å². The maximum Gasteiger partial charge on any atom is 0.225 e. The lowest BCUT2D eigenvalue weighted by Gasteiger charge is -2.44. The Morgan fingerprint density at radius 2 is 0.837 bits per heavy atom. The van der Waals surface area contributed by atoms with Crippen LogP contribution in [-0.4, -0.2) is 139 Å². The third-order valence-corrected chi connectivity index (χ3v) is 19.0. The van der Waals surface area contributed by atoms with Crippen LogP contribution in [0.25, 0.3) is 56.1 Å². The van der Waals surface area contributed by atoms with Gasteiger partial charge in [0, 0.05) is 137 Å². The fourth-order valence-electron chi connectivity index (χ4n) is 12.5. The second kappa shape index (κ2) is 23.6. The van der Waals surface area contributed by atoms with Gasteiger partial charge in [-0.1, -0.05) is 36.5 Å². The van der Waals surface area contributed by atoms with Crippen molar-refractivity contribution in [2.75, 3.05) is 100 Å². The number of pyridine rings is 2. The van der Waals surface area contributed by atoms with Crippen molar-refractivity contribution in [1.82, 2.24) is 58.5 Å². The molecule has 0 amide bonds. The van der Waals surface area contributed by atoms with Crippen LogP contribution in [0.4, 0.5) is 42.6 Å². The second-order valence-corrected chi connectivity index (χ2v) is 25.2. The highest BCUT2D eigenvalue weighted by Gasteiger charge is 2.36. The number of likely N-dealkylation sites (tertiary alicyclic amines) is 2. The van der Waals surface area contributed by atoms with E-state index in [9.17, 15) is 19.3 Å². The van der Waals surface area contributed by atoms with Crippen LogP contribution >= 0.6 is 22.7 Å². The normalized spacial score (nSPS) is 15.8. The van der Waals surface area contributed by atoms with Gasteiger partial charge in [0.2, 0.25) is 11.9 Å². The van der Waals surface area contributed by atoms with Crippen molar-refractivity contribution < 1.29 is 8.78 Å². The van der Waals surface area contributed by atoms with Crippen LogP contribution in [0.2, 0.25) is 0 Å². The minimum Gasteiger partial charge on any atom is -0.340 e. The number of nitriles is 2.